The molecule has 0 saturated carbocycles. The first kappa shape index (κ1) is 22.9. The number of anilines is 1. The number of carbonyl (C=O) groups is 4. The summed E-state index contributed by atoms with van der Waals surface area (Å²) >= 11 is 0. The summed E-state index contributed by atoms with van der Waals surface area (Å²) in [4.78, 5) is 56.5. The minimum atomic E-state index is -1.11. The standard InChI is InChI=1S/C28H21N3O5/c1-17(25(32)30-24-11-5-10-23-21(24)9-6-14-29-23)36-28(35)19-12-13-20-22(15-19)27(34)31(26(20)33)16-18-7-3-2-4-8-18/h2-15,17H,16H2,1H3,(H,30,32)/t17-/m1/s1. The monoisotopic (exact) mass is 479 g/mol. The van der Waals surface area contributed by atoms with Crippen LogP contribution in [0.4, 0.5) is 5.69 Å². The van der Waals surface area contributed by atoms with E-state index in [0.717, 1.165) is 21.4 Å². The van der Waals surface area contributed by atoms with Gasteiger partial charge in [-0.1, -0.05) is 36.4 Å². The lowest BCUT2D eigenvalue weighted by atomic mass is 10.1. The van der Waals surface area contributed by atoms with Gasteiger partial charge in [0.1, 0.15) is 0 Å². The molecule has 8 heteroatoms. The van der Waals surface area contributed by atoms with E-state index in [0.29, 0.717) is 5.69 Å². The van der Waals surface area contributed by atoms with Gasteiger partial charge in [-0.05, 0) is 55.0 Å². The number of benzene rings is 3. The number of esters is 1. The van der Waals surface area contributed by atoms with Crippen molar-refractivity contribution in [3.63, 3.8) is 0 Å². The summed E-state index contributed by atoms with van der Waals surface area (Å²) in [5, 5.41) is 3.52. The summed E-state index contributed by atoms with van der Waals surface area (Å²) in [6, 6.07) is 22.3. The number of amides is 3. The second kappa shape index (κ2) is 9.42. The highest BCUT2D eigenvalue weighted by atomic mass is 16.5. The van der Waals surface area contributed by atoms with E-state index >= 15 is 0 Å². The van der Waals surface area contributed by atoms with Crippen LogP contribution in [0, 0.1) is 0 Å². The van der Waals surface area contributed by atoms with E-state index in [1.807, 2.05) is 42.5 Å². The van der Waals surface area contributed by atoms with Gasteiger partial charge in [0.25, 0.3) is 17.7 Å². The summed E-state index contributed by atoms with van der Waals surface area (Å²) in [5.41, 5.74) is 2.51. The van der Waals surface area contributed by atoms with E-state index < -0.39 is 29.8 Å². The number of imide groups is 1. The highest BCUT2D eigenvalue weighted by molar-refractivity contribution is 6.22. The van der Waals surface area contributed by atoms with Crippen LogP contribution in [-0.2, 0) is 16.1 Å². The molecular weight excluding hydrogens is 458 g/mol. The number of ether oxygens (including phenoxy) is 1. The Morgan fingerprint density at radius 2 is 1.69 bits per heavy atom. The van der Waals surface area contributed by atoms with E-state index in [-0.39, 0.29) is 23.2 Å². The Kier molecular flexibility index (Phi) is 6.00. The number of hydrogen-bond donors (Lipinski definition) is 1. The Labute approximate surface area is 206 Å². The molecule has 4 aromatic rings. The molecule has 1 N–H and O–H groups in total. The number of nitrogens with one attached hydrogen (secondary N) is 1. The summed E-state index contributed by atoms with van der Waals surface area (Å²) in [5.74, 6) is -2.19. The highest BCUT2D eigenvalue weighted by Crippen LogP contribution is 2.26. The Balaban J connectivity index is 1.28. The average Bonchev–Trinajstić information content (AvgIpc) is 3.13. The molecule has 0 fully saturated rings. The third-order valence-electron chi connectivity index (χ3n) is 5.95. The molecule has 0 aliphatic carbocycles. The van der Waals surface area contributed by atoms with Crippen molar-refractivity contribution in [2.75, 3.05) is 5.32 Å². The molecule has 2 heterocycles. The van der Waals surface area contributed by atoms with Gasteiger partial charge in [0.05, 0.1) is 34.4 Å². The number of pyridine rings is 1. The lowest BCUT2D eigenvalue weighted by Crippen LogP contribution is -2.30. The Morgan fingerprint density at radius 1 is 0.917 bits per heavy atom. The van der Waals surface area contributed by atoms with E-state index in [1.54, 1.807) is 24.4 Å². The fourth-order valence-electron chi connectivity index (χ4n) is 4.06. The molecule has 1 aliphatic rings. The van der Waals surface area contributed by atoms with Gasteiger partial charge in [-0.25, -0.2) is 4.79 Å². The molecule has 8 nitrogen and oxygen atoms in total. The molecule has 0 unspecified atom stereocenters. The van der Waals surface area contributed by atoms with Crippen LogP contribution >= 0.6 is 0 Å². The van der Waals surface area contributed by atoms with Gasteiger partial charge in [-0.15, -0.1) is 0 Å². The maximum atomic E-state index is 12.9. The molecule has 1 aliphatic heterocycles. The smallest absolute Gasteiger partial charge is 0.338 e. The van der Waals surface area contributed by atoms with E-state index in [9.17, 15) is 19.2 Å². The summed E-state index contributed by atoms with van der Waals surface area (Å²) < 4.78 is 5.35. The molecule has 1 aromatic heterocycles. The number of nitrogens with zero attached hydrogens (tertiary/aromatic N) is 2. The molecule has 0 bridgehead atoms. The first-order chi connectivity index (χ1) is 17.4. The van der Waals surface area contributed by atoms with Gasteiger partial charge in [-0.2, -0.15) is 0 Å². The number of fused-ring (bicyclic) bond motifs is 2. The van der Waals surface area contributed by atoms with Crippen LogP contribution in [0.25, 0.3) is 10.9 Å². The predicted molar refractivity (Wildman–Crippen MR) is 132 cm³/mol. The second-order valence-electron chi connectivity index (χ2n) is 8.35. The van der Waals surface area contributed by atoms with Crippen molar-refractivity contribution in [1.82, 2.24) is 9.88 Å². The average molecular weight is 479 g/mol. The van der Waals surface area contributed by atoms with Crippen molar-refractivity contribution in [2.45, 2.75) is 19.6 Å². The number of aromatic nitrogens is 1. The van der Waals surface area contributed by atoms with Crippen molar-refractivity contribution in [3.05, 3.63) is 107 Å². The normalized spacial score (nSPS) is 13.4. The van der Waals surface area contributed by atoms with Gasteiger partial charge < -0.3 is 10.1 Å². The van der Waals surface area contributed by atoms with Crippen molar-refractivity contribution in [2.24, 2.45) is 0 Å². The zero-order chi connectivity index (χ0) is 25.2. The molecule has 3 aromatic carbocycles. The van der Waals surface area contributed by atoms with Crippen LogP contribution in [-0.4, -0.2) is 39.7 Å². The minimum absolute atomic E-state index is 0.0745. The SMILES string of the molecule is C[C@@H](OC(=O)c1ccc2c(c1)C(=O)N(Cc1ccccc1)C2=O)C(=O)Nc1cccc2ncccc12. The van der Waals surface area contributed by atoms with Crippen LogP contribution in [0.15, 0.2) is 85.1 Å². The van der Waals surface area contributed by atoms with E-state index in [2.05, 4.69) is 10.3 Å². The van der Waals surface area contributed by atoms with Crippen LogP contribution in [0.5, 0.6) is 0 Å². The lowest BCUT2D eigenvalue weighted by Gasteiger charge is -2.15. The highest BCUT2D eigenvalue weighted by Gasteiger charge is 2.36. The molecule has 0 saturated heterocycles. The van der Waals surface area contributed by atoms with Crippen molar-refractivity contribution < 1.29 is 23.9 Å². The molecule has 178 valence electrons. The Bertz CT molecular complexity index is 1510. The fraction of sp³-hybridized carbons (Fsp3) is 0.107. The van der Waals surface area contributed by atoms with Gasteiger partial charge >= 0.3 is 5.97 Å². The van der Waals surface area contributed by atoms with Crippen LogP contribution in [0.3, 0.4) is 0 Å². The van der Waals surface area contributed by atoms with Crippen molar-refractivity contribution in [1.29, 1.82) is 0 Å². The molecule has 3 amide bonds. The molecule has 1 atom stereocenters. The van der Waals surface area contributed by atoms with E-state index in [1.165, 1.54) is 25.1 Å². The maximum absolute atomic E-state index is 12.9. The van der Waals surface area contributed by atoms with Crippen LogP contribution in [0.1, 0.15) is 43.6 Å². The summed E-state index contributed by atoms with van der Waals surface area (Å²) in [6.45, 7) is 1.59. The van der Waals surface area contributed by atoms with E-state index in [4.69, 9.17) is 4.74 Å². The van der Waals surface area contributed by atoms with Crippen molar-refractivity contribution in [3.8, 4) is 0 Å². The zero-order valence-electron chi connectivity index (χ0n) is 19.3. The third-order valence-corrected chi connectivity index (χ3v) is 5.95. The number of rotatable bonds is 6. The molecular formula is C28H21N3O5. The molecule has 0 radical (unpaired) electrons. The second-order valence-corrected chi connectivity index (χ2v) is 8.35. The number of hydrogen-bond acceptors (Lipinski definition) is 6. The van der Waals surface area contributed by atoms with Gasteiger partial charge in [0.2, 0.25) is 0 Å². The van der Waals surface area contributed by atoms with Crippen molar-refractivity contribution >= 4 is 40.3 Å². The van der Waals surface area contributed by atoms with Gasteiger partial charge in [0.15, 0.2) is 6.10 Å². The predicted octanol–water partition coefficient (Wildman–Crippen LogP) is 4.22. The van der Waals surface area contributed by atoms with Gasteiger partial charge in [0, 0.05) is 11.6 Å². The van der Waals surface area contributed by atoms with Crippen LogP contribution < -0.4 is 5.32 Å². The quantitative estimate of drug-likeness (QED) is 0.328. The minimum Gasteiger partial charge on any atom is -0.449 e. The first-order valence-corrected chi connectivity index (χ1v) is 11.3. The van der Waals surface area contributed by atoms with Crippen LogP contribution in [0.2, 0.25) is 0 Å². The maximum Gasteiger partial charge on any atom is 0.338 e. The Morgan fingerprint density at radius 3 is 2.50 bits per heavy atom. The fourth-order valence-corrected chi connectivity index (χ4v) is 4.06. The lowest BCUT2D eigenvalue weighted by molar-refractivity contribution is -0.123. The first-order valence-electron chi connectivity index (χ1n) is 11.3. The largest absolute Gasteiger partial charge is 0.449 e. The Hall–Kier alpha value is -4.85. The zero-order valence-corrected chi connectivity index (χ0v) is 19.3. The molecule has 5 rings (SSSR count). The number of carbonyl (C=O) groups excluding carboxylic acids is 4. The molecule has 36 heavy (non-hydrogen) atoms. The molecule has 0 spiro atoms. The summed E-state index contributed by atoms with van der Waals surface area (Å²) in [6.07, 6.45) is 0.554. The third kappa shape index (κ3) is 4.32. The van der Waals surface area contributed by atoms with Gasteiger partial charge in [-0.3, -0.25) is 24.3 Å². The topological polar surface area (TPSA) is 106 Å². The summed E-state index contributed by atoms with van der Waals surface area (Å²) in [7, 11) is 0.